The van der Waals surface area contributed by atoms with Crippen molar-refractivity contribution >= 4 is 15.6 Å². The van der Waals surface area contributed by atoms with E-state index in [4.69, 9.17) is 15.8 Å². The van der Waals surface area contributed by atoms with Gasteiger partial charge in [-0.25, -0.2) is 0 Å². The molecule has 27 heteroatoms. The SMILES string of the molecule is CC#N.CC#N.CC#N.Cc1cc(C)[n-]n1.Cc1cc(C)[n-]n1.Cc1ccnc(-c2cc(C)ccn2)c1.Cc1ccnc(-c2cc(C)ccn2)c1.F[P-](F)(F)(F)(F)F.F[P-](F)(F)(F)(F)F.[Pd+2].[Pd+2]. The maximum absolute atomic E-state index is 10.7. The van der Waals surface area contributed by atoms with Crippen LogP contribution in [0.4, 0.5) is 50.4 Å². The molecule has 0 atom stereocenters. The average molecular weight is 1180 g/mol. The van der Waals surface area contributed by atoms with Crippen LogP contribution in [0.1, 0.15) is 65.8 Å². The molecule has 0 unspecified atom stereocenters. The second-order valence-corrected chi connectivity index (χ2v) is 16.5. The molecule has 0 aliphatic heterocycles. The van der Waals surface area contributed by atoms with Gasteiger partial charge in [-0.2, -0.15) is 15.8 Å². The van der Waals surface area contributed by atoms with E-state index in [1.54, 1.807) is 18.2 Å². The molecule has 0 aliphatic carbocycles. The van der Waals surface area contributed by atoms with Crippen molar-refractivity contribution in [3.8, 4) is 41.0 Å². The van der Waals surface area contributed by atoms with Gasteiger partial charge in [0.1, 0.15) is 0 Å². The van der Waals surface area contributed by atoms with Crippen LogP contribution in [0.5, 0.6) is 0 Å². The molecule has 67 heavy (non-hydrogen) atoms. The molecule has 0 amide bonds. The van der Waals surface area contributed by atoms with Crippen LogP contribution in [0, 0.1) is 89.4 Å². The second-order valence-electron chi connectivity index (χ2n) is 12.7. The number of hydrogen-bond acceptors (Lipinski definition) is 9. The van der Waals surface area contributed by atoms with Crippen LogP contribution in [0.3, 0.4) is 0 Å². The minimum atomic E-state index is -10.7. The fraction of sp³-hybridized carbons (Fsp3) is 0.275. The fourth-order valence-electron chi connectivity index (χ4n) is 3.74. The Morgan fingerprint density at radius 2 is 0.552 bits per heavy atom. The standard InChI is InChI=1S/2C12H12N2.2C5H7N2.3C2H3N.2F6P.2Pd/c2*1-9-3-5-13-11(7-9)12-8-10(2)4-6-14-12;2*1-4-3-5(2)7-6-4;3*1-2-3;2*1-7(2,3,4,5)6;;/h2*3-8H,1-2H3;2*3H,1-2H3;3*1H3;;;;/q;;2*-1;;;;2*-1;2*+2. The van der Waals surface area contributed by atoms with Gasteiger partial charge in [0, 0.05) is 56.9 Å². The Morgan fingerprint density at radius 1 is 0.388 bits per heavy atom. The largest absolute Gasteiger partial charge is 2.00 e. The maximum atomic E-state index is 9.87. The summed E-state index contributed by atoms with van der Waals surface area (Å²) < 4.78 is 118. The third-order valence-corrected chi connectivity index (χ3v) is 5.75. The van der Waals surface area contributed by atoms with Gasteiger partial charge in [-0.05, 0) is 112 Å². The summed E-state index contributed by atoms with van der Waals surface area (Å²) in [6.45, 7) is 20.2. The number of rotatable bonds is 2. The molecule has 0 bridgehead atoms. The number of nitrogens with zero attached hydrogens (tertiary/aromatic N) is 11. The first-order valence-electron chi connectivity index (χ1n) is 17.9. The summed E-state index contributed by atoms with van der Waals surface area (Å²) in [5, 5.41) is 37.0. The molecule has 0 saturated carbocycles. The first kappa shape index (κ1) is 70.8. The summed E-state index contributed by atoms with van der Waals surface area (Å²) in [5.41, 5.74) is 12.6. The summed E-state index contributed by atoms with van der Waals surface area (Å²) in [6, 6.07) is 25.3. The van der Waals surface area contributed by atoms with Gasteiger partial charge < -0.3 is 20.4 Å². The zero-order chi connectivity index (χ0) is 51.4. The molecule has 0 saturated heterocycles. The van der Waals surface area contributed by atoms with E-state index < -0.39 is 15.6 Å². The smallest absolute Gasteiger partial charge is 2.00 e. The Bertz CT molecular complexity index is 2140. The van der Waals surface area contributed by atoms with E-state index in [0.717, 1.165) is 45.6 Å². The molecule has 6 rings (SSSR count). The zero-order valence-electron chi connectivity index (χ0n) is 37.6. The monoisotopic (exact) mass is 1180 g/mol. The summed E-state index contributed by atoms with van der Waals surface area (Å²) in [6.07, 6.45) is 7.26. The van der Waals surface area contributed by atoms with Crippen molar-refractivity contribution in [3.63, 3.8) is 0 Å². The fourth-order valence-corrected chi connectivity index (χ4v) is 3.74. The van der Waals surface area contributed by atoms with Crippen LogP contribution < -0.4 is 10.2 Å². The van der Waals surface area contributed by atoms with Gasteiger partial charge in [0.2, 0.25) is 0 Å². The molecule has 6 heterocycles. The zero-order valence-corrected chi connectivity index (χ0v) is 42.5. The van der Waals surface area contributed by atoms with Crippen LogP contribution >= 0.6 is 15.6 Å². The van der Waals surface area contributed by atoms with Crippen LogP contribution in [-0.2, 0) is 40.8 Å². The number of aromatic nitrogens is 8. The van der Waals surface area contributed by atoms with Crippen molar-refractivity contribution in [3.05, 3.63) is 130 Å². The Kier molecular flexibility index (Phi) is 31.3. The van der Waals surface area contributed by atoms with E-state index in [2.05, 4.69) is 68.0 Å². The number of halogens is 12. The average Bonchev–Trinajstić information content (AvgIpc) is 3.71. The molecule has 0 aliphatic rings. The summed E-state index contributed by atoms with van der Waals surface area (Å²) in [7, 11) is -21.3. The van der Waals surface area contributed by atoms with E-state index in [0.29, 0.717) is 0 Å². The van der Waals surface area contributed by atoms with Gasteiger partial charge in [-0.1, -0.05) is 26.0 Å². The molecule has 376 valence electrons. The van der Waals surface area contributed by atoms with Gasteiger partial charge in [-0.15, -0.1) is 11.4 Å². The Hall–Kier alpha value is -5.17. The minimum absolute atomic E-state index is 0. The van der Waals surface area contributed by atoms with E-state index >= 15 is 0 Å². The molecule has 11 nitrogen and oxygen atoms in total. The van der Waals surface area contributed by atoms with Gasteiger partial charge in [-0.3, -0.25) is 19.9 Å². The third-order valence-electron chi connectivity index (χ3n) is 5.75. The van der Waals surface area contributed by atoms with Crippen molar-refractivity contribution in [1.29, 1.82) is 15.8 Å². The first-order valence-corrected chi connectivity index (χ1v) is 21.9. The maximum Gasteiger partial charge on any atom is 2.00 e. The van der Waals surface area contributed by atoms with Gasteiger partial charge in [0.15, 0.2) is 0 Å². The van der Waals surface area contributed by atoms with E-state index in [9.17, 15) is 50.4 Å². The summed E-state index contributed by atoms with van der Waals surface area (Å²) in [4.78, 5) is 17.2. The molecule has 0 spiro atoms. The molecule has 0 N–H and O–H groups in total. The quantitative estimate of drug-likeness (QED) is 0.0916. The summed E-state index contributed by atoms with van der Waals surface area (Å²) in [5.74, 6) is 0. The molecule has 6 aromatic heterocycles. The molecular weight excluding hydrogens is 1140 g/mol. The van der Waals surface area contributed by atoms with Crippen LogP contribution in [0.25, 0.3) is 22.8 Å². The summed E-state index contributed by atoms with van der Waals surface area (Å²) >= 11 is 0. The predicted molar refractivity (Wildman–Crippen MR) is 229 cm³/mol. The van der Waals surface area contributed by atoms with E-state index in [1.807, 2.05) is 113 Å². The van der Waals surface area contributed by atoms with Crippen molar-refractivity contribution in [2.24, 2.45) is 0 Å². The topological polar surface area (TPSA) is 177 Å². The van der Waals surface area contributed by atoms with Crippen LogP contribution in [-0.4, -0.2) is 30.1 Å². The van der Waals surface area contributed by atoms with Crippen LogP contribution in [0.15, 0.2) is 85.5 Å². The number of nitriles is 3. The minimum Gasteiger partial charge on any atom is 2.00 e. The predicted octanol–water partition coefficient (Wildman–Crippen LogP) is 15.2. The van der Waals surface area contributed by atoms with E-state index in [-0.39, 0.29) is 40.8 Å². The second kappa shape index (κ2) is 29.6. The number of pyridine rings is 4. The molecule has 0 aromatic carbocycles. The Labute approximate surface area is 408 Å². The van der Waals surface area contributed by atoms with E-state index in [1.165, 1.54) is 43.0 Å². The molecular formula is C40H47F12N11P2Pd2. The number of hydrogen-bond donors (Lipinski definition) is 0. The number of aryl methyl sites for hydroxylation is 8. The van der Waals surface area contributed by atoms with Crippen LogP contribution in [0.2, 0.25) is 0 Å². The first-order chi connectivity index (χ1) is 29.2. The van der Waals surface area contributed by atoms with Crippen molar-refractivity contribution in [2.75, 3.05) is 0 Å². The van der Waals surface area contributed by atoms with Crippen molar-refractivity contribution in [1.82, 2.24) is 40.3 Å². The van der Waals surface area contributed by atoms with Gasteiger partial charge in [0.25, 0.3) is 0 Å². The van der Waals surface area contributed by atoms with Crippen molar-refractivity contribution in [2.45, 2.75) is 76.2 Å². The Morgan fingerprint density at radius 3 is 0.642 bits per heavy atom. The van der Waals surface area contributed by atoms with Gasteiger partial charge >= 0.3 is 107 Å². The molecule has 6 aromatic rings. The van der Waals surface area contributed by atoms with Gasteiger partial charge in [0.05, 0.1) is 41.0 Å². The molecule has 0 fully saturated rings. The Balaban J connectivity index is -0.000000226. The normalized spacial score (nSPS) is 11.4. The van der Waals surface area contributed by atoms with Crippen molar-refractivity contribution < 1.29 is 91.2 Å². The molecule has 0 radical (unpaired) electrons. The third kappa shape index (κ3) is 56.9.